The van der Waals surface area contributed by atoms with Crippen molar-refractivity contribution in [3.8, 4) is 0 Å². The molecule has 1 N–H and O–H groups in total. The maximum atomic E-state index is 4.04. The Hall–Kier alpha value is -1.09. The van der Waals surface area contributed by atoms with Crippen LogP contribution in [0.5, 0.6) is 0 Å². The maximum absolute atomic E-state index is 4.04. The van der Waals surface area contributed by atoms with E-state index in [2.05, 4.69) is 27.5 Å². The molecule has 3 heteroatoms. The third-order valence-electron chi connectivity index (χ3n) is 3.15. The number of hydrogen-bond acceptors (Lipinski definition) is 3. The zero-order valence-electron chi connectivity index (χ0n) is 8.11. The van der Waals surface area contributed by atoms with Gasteiger partial charge in [0.1, 0.15) is 6.20 Å². The standard InChI is InChI=1S/C11H14N3/c1-2-11(6-12-5-1)14-7-9-3-4-10(8-14)13-9/h1-2,5,9-10,13H,3-4,7-8H2. The first-order chi connectivity index (χ1) is 6.92. The molecule has 0 spiro atoms. The summed E-state index contributed by atoms with van der Waals surface area (Å²) in [6.45, 7) is 2.22. The Kier molecular flexibility index (Phi) is 1.91. The van der Waals surface area contributed by atoms with E-state index in [1.165, 1.54) is 12.8 Å². The highest BCUT2D eigenvalue weighted by atomic mass is 15.2. The molecule has 0 amide bonds. The molecule has 2 atom stereocenters. The molecular formula is C11H14N3. The van der Waals surface area contributed by atoms with Crippen LogP contribution in [-0.2, 0) is 0 Å². The SMILES string of the molecule is [c]1ncccc1N1CC2CCC(C1)N2. The summed E-state index contributed by atoms with van der Waals surface area (Å²) in [5.41, 5.74) is 1.14. The molecule has 1 radical (unpaired) electrons. The summed E-state index contributed by atoms with van der Waals surface area (Å²) >= 11 is 0. The van der Waals surface area contributed by atoms with Crippen LogP contribution >= 0.6 is 0 Å². The average molecular weight is 188 g/mol. The molecule has 2 unspecified atom stereocenters. The van der Waals surface area contributed by atoms with Gasteiger partial charge in [-0.15, -0.1) is 0 Å². The minimum atomic E-state index is 0.683. The molecule has 2 aliphatic heterocycles. The number of nitrogens with zero attached hydrogens (tertiary/aromatic N) is 2. The number of nitrogens with one attached hydrogen (secondary N) is 1. The number of pyridine rings is 1. The van der Waals surface area contributed by atoms with Gasteiger partial charge in [0.15, 0.2) is 0 Å². The molecule has 2 fully saturated rings. The van der Waals surface area contributed by atoms with Crippen LogP contribution in [0.15, 0.2) is 18.3 Å². The first-order valence-electron chi connectivity index (χ1n) is 5.25. The average Bonchev–Trinajstić information content (AvgIpc) is 2.59. The van der Waals surface area contributed by atoms with Gasteiger partial charge >= 0.3 is 0 Å². The minimum Gasteiger partial charge on any atom is -0.367 e. The van der Waals surface area contributed by atoms with Gasteiger partial charge in [0.25, 0.3) is 0 Å². The molecule has 3 nitrogen and oxygen atoms in total. The van der Waals surface area contributed by atoms with Crippen molar-refractivity contribution < 1.29 is 0 Å². The van der Waals surface area contributed by atoms with Crippen LogP contribution in [0.1, 0.15) is 12.8 Å². The maximum Gasteiger partial charge on any atom is 0.114 e. The summed E-state index contributed by atoms with van der Waals surface area (Å²) in [5, 5.41) is 3.61. The van der Waals surface area contributed by atoms with Crippen molar-refractivity contribution in [2.24, 2.45) is 0 Å². The van der Waals surface area contributed by atoms with Crippen molar-refractivity contribution >= 4 is 5.69 Å². The fraction of sp³-hybridized carbons (Fsp3) is 0.545. The van der Waals surface area contributed by atoms with Crippen LogP contribution in [0.25, 0.3) is 0 Å². The second-order valence-electron chi connectivity index (χ2n) is 4.18. The predicted octanol–water partition coefficient (Wildman–Crippen LogP) is 0.822. The number of rotatable bonds is 1. The van der Waals surface area contributed by atoms with E-state index in [4.69, 9.17) is 0 Å². The number of aromatic nitrogens is 1. The molecule has 73 valence electrons. The fourth-order valence-corrected chi connectivity index (χ4v) is 2.49. The normalized spacial score (nSPS) is 30.7. The Morgan fingerprint density at radius 2 is 2.14 bits per heavy atom. The van der Waals surface area contributed by atoms with Crippen LogP contribution in [0.2, 0.25) is 0 Å². The smallest absolute Gasteiger partial charge is 0.114 e. The molecule has 2 bridgehead atoms. The van der Waals surface area contributed by atoms with Gasteiger partial charge in [-0.2, -0.15) is 0 Å². The molecular weight excluding hydrogens is 174 g/mol. The van der Waals surface area contributed by atoms with E-state index >= 15 is 0 Å². The molecule has 3 heterocycles. The van der Waals surface area contributed by atoms with E-state index in [1.54, 1.807) is 6.20 Å². The quantitative estimate of drug-likeness (QED) is 0.707. The molecule has 14 heavy (non-hydrogen) atoms. The second kappa shape index (κ2) is 3.24. The van der Waals surface area contributed by atoms with Crippen LogP contribution in [-0.4, -0.2) is 30.2 Å². The number of anilines is 1. The van der Waals surface area contributed by atoms with Crippen LogP contribution in [0.3, 0.4) is 0 Å². The Morgan fingerprint density at radius 1 is 1.36 bits per heavy atom. The first-order valence-corrected chi connectivity index (χ1v) is 5.25. The molecule has 2 saturated heterocycles. The molecule has 3 rings (SSSR count). The topological polar surface area (TPSA) is 28.2 Å². The van der Waals surface area contributed by atoms with E-state index in [1.807, 2.05) is 6.07 Å². The van der Waals surface area contributed by atoms with Crippen molar-refractivity contribution in [2.45, 2.75) is 24.9 Å². The highest BCUT2D eigenvalue weighted by Crippen LogP contribution is 2.23. The highest BCUT2D eigenvalue weighted by Gasteiger charge is 2.32. The van der Waals surface area contributed by atoms with Crippen LogP contribution < -0.4 is 10.2 Å². The predicted molar refractivity (Wildman–Crippen MR) is 55.2 cm³/mol. The number of piperazine rings is 1. The van der Waals surface area contributed by atoms with E-state index in [9.17, 15) is 0 Å². The third-order valence-corrected chi connectivity index (χ3v) is 3.15. The lowest BCUT2D eigenvalue weighted by atomic mass is 10.2. The Labute approximate surface area is 84.1 Å². The van der Waals surface area contributed by atoms with Gasteiger partial charge in [-0.3, -0.25) is 4.98 Å². The van der Waals surface area contributed by atoms with Gasteiger partial charge in [-0.05, 0) is 25.0 Å². The molecule has 0 saturated carbocycles. The lowest BCUT2D eigenvalue weighted by Crippen LogP contribution is -2.51. The van der Waals surface area contributed by atoms with Crippen LogP contribution in [0, 0.1) is 6.20 Å². The van der Waals surface area contributed by atoms with Crippen molar-refractivity contribution in [3.05, 3.63) is 24.5 Å². The Balaban J connectivity index is 1.81. The summed E-state index contributed by atoms with van der Waals surface area (Å²) in [6.07, 6.45) is 7.47. The lowest BCUT2D eigenvalue weighted by molar-refractivity contribution is 0.465. The van der Waals surface area contributed by atoms with Crippen molar-refractivity contribution in [1.29, 1.82) is 0 Å². The first kappa shape index (κ1) is 8.24. The Morgan fingerprint density at radius 3 is 2.79 bits per heavy atom. The van der Waals surface area contributed by atoms with Crippen LogP contribution in [0.4, 0.5) is 5.69 Å². The van der Waals surface area contributed by atoms with E-state index in [-0.39, 0.29) is 0 Å². The van der Waals surface area contributed by atoms with Gasteiger partial charge in [0, 0.05) is 31.4 Å². The molecule has 2 aliphatic rings. The monoisotopic (exact) mass is 188 g/mol. The summed E-state index contributed by atoms with van der Waals surface area (Å²) in [6, 6.07) is 5.44. The molecule has 0 aliphatic carbocycles. The summed E-state index contributed by atoms with van der Waals surface area (Å²) in [5.74, 6) is 0. The number of fused-ring (bicyclic) bond motifs is 2. The lowest BCUT2D eigenvalue weighted by Gasteiger charge is -2.34. The van der Waals surface area contributed by atoms with Gasteiger partial charge in [-0.1, -0.05) is 0 Å². The van der Waals surface area contributed by atoms with Gasteiger partial charge in [-0.25, -0.2) is 0 Å². The minimum absolute atomic E-state index is 0.683. The molecule has 1 aromatic rings. The van der Waals surface area contributed by atoms with Crippen molar-refractivity contribution in [2.75, 3.05) is 18.0 Å². The Bertz CT molecular complexity index is 300. The summed E-state index contributed by atoms with van der Waals surface area (Å²) < 4.78 is 0. The highest BCUT2D eigenvalue weighted by molar-refractivity contribution is 5.44. The second-order valence-corrected chi connectivity index (χ2v) is 4.18. The fourth-order valence-electron chi connectivity index (χ4n) is 2.49. The van der Waals surface area contributed by atoms with Gasteiger partial charge in [0.2, 0.25) is 0 Å². The molecule has 0 aromatic carbocycles. The van der Waals surface area contributed by atoms with Gasteiger partial charge < -0.3 is 10.2 Å². The van der Waals surface area contributed by atoms with E-state index in [0.717, 1.165) is 18.8 Å². The largest absolute Gasteiger partial charge is 0.367 e. The molecule has 1 aromatic heterocycles. The zero-order valence-corrected chi connectivity index (χ0v) is 8.11. The third kappa shape index (κ3) is 1.38. The van der Waals surface area contributed by atoms with Crippen molar-refractivity contribution in [1.82, 2.24) is 10.3 Å². The van der Waals surface area contributed by atoms with Crippen molar-refractivity contribution in [3.63, 3.8) is 0 Å². The van der Waals surface area contributed by atoms with E-state index in [0.29, 0.717) is 12.1 Å². The summed E-state index contributed by atoms with van der Waals surface area (Å²) in [4.78, 5) is 6.44. The number of hydrogen-bond donors (Lipinski definition) is 1. The van der Waals surface area contributed by atoms with E-state index < -0.39 is 0 Å². The van der Waals surface area contributed by atoms with Gasteiger partial charge in [0.05, 0.1) is 5.69 Å². The zero-order chi connectivity index (χ0) is 9.38. The summed E-state index contributed by atoms with van der Waals surface area (Å²) in [7, 11) is 0.